The third-order valence-electron chi connectivity index (χ3n) is 5.15. The number of benzene rings is 1. The highest BCUT2D eigenvalue weighted by atomic mass is 32.2. The molecular formula is C17H22N8O2S. The molecule has 0 saturated heterocycles. The maximum atomic E-state index is 13.1. The molecule has 0 unspecified atom stereocenters. The summed E-state index contributed by atoms with van der Waals surface area (Å²) in [5.41, 5.74) is 1.46. The second-order valence-corrected chi connectivity index (χ2v) is 8.63. The number of nitrogens with one attached hydrogen (secondary N) is 1. The molecule has 1 aliphatic rings. The van der Waals surface area contributed by atoms with E-state index < -0.39 is 10.0 Å². The Labute approximate surface area is 163 Å². The van der Waals surface area contributed by atoms with Crippen LogP contribution >= 0.6 is 0 Å². The van der Waals surface area contributed by atoms with Gasteiger partial charge in [-0.25, -0.2) is 17.8 Å². The minimum Gasteiger partial charge on any atom is -0.317 e. The van der Waals surface area contributed by atoms with Crippen LogP contribution in [0, 0.1) is 0 Å². The second kappa shape index (κ2) is 7.76. The van der Waals surface area contributed by atoms with Crippen molar-refractivity contribution in [3.05, 3.63) is 42.7 Å². The van der Waals surface area contributed by atoms with Crippen molar-refractivity contribution in [1.82, 2.24) is 39.7 Å². The van der Waals surface area contributed by atoms with Crippen LogP contribution in [0.2, 0.25) is 0 Å². The molecule has 2 atom stereocenters. The zero-order chi connectivity index (χ0) is 19.6. The molecule has 0 radical (unpaired) electrons. The van der Waals surface area contributed by atoms with Gasteiger partial charge in [-0.05, 0) is 66.3 Å². The van der Waals surface area contributed by atoms with E-state index in [0.717, 1.165) is 36.9 Å². The molecule has 0 aliphatic heterocycles. The minimum atomic E-state index is -3.63. The Kier molecular flexibility index (Phi) is 5.18. The van der Waals surface area contributed by atoms with E-state index in [0.29, 0.717) is 11.3 Å². The molecule has 10 nitrogen and oxygen atoms in total. The Morgan fingerprint density at radius 2 is 1.96 bits per heavy atom. The fourth-order valence-electron chi connectivity index (χ4n) is 3.75. The highest BCUT2D eigenvalue weighted by molar-refractivity contribution is 7.89. The van der Waals surface area contributed by atoms with E-state index in [1.165, 1.54) is 11.0 Å². The van der Waals surface area contributed by atoms with E-state index in [1.54, 1.807) is 24.8 Å². The van der Waals surface area contributed by atoms with Crippen LogP contribution in [0.15, 0.2) is 42.1 Å². The molecule has 4 rings (SSSR count). The first-order chi connectivity index (χ1) is 13.6. The van der Waals surface area contributed by atoms with Gasteiger partial charge in [-0.3, -0.25) is 0 Å². The van der Waals surface area contributed by atoms with E-state index in [4.69, 9.17) is 0 Å². The number of aryl methyl sites for hydroxylation is 1. The molecule has 1 fully saturated rings. The molecule has 1 aliphatic carbocycles. The Hall–Kier alpha value is -2.66. The van der Waals surface area contributed by atoms with Gasteiger partial charge in [0.25, 0.3) is 0 Å². The summed E-state index contributed by atoms with van der Waals surface area (Å²) >= 11 is 0. The molecular weight excluding hydrogens is 380 g/mol. The van der Waals surface area contributed by atoms with E-state index in [2.05, 4.69) is 30.4 Å². The van der Waals surface area contributed by atoms with Gasteiger partial charge in [0.05, 0.1) is 10.6 Å². The van der Waals surface area contributed by atoms with Crippen molar-refractivity contribution in [1.29, 1.82) is 0 Å². The van der Waals surface area contributed by atoms with Crippen LogP contribution in [0.4, 0.5) is 0 Å². The molecule has 2 aromatic heterocycles. The Balaban J connectivity index is 1.54. The topological polar surface area (TPSA) is 120 Å². The summed E-state index contributed by atoms with van der Waals surface area (Å²) < 4.78 is 32.5. The largest absolute Gasteiger partial charge is 0.317 e. The molecule has 1 saturated carbocycles. The first-order valence-electron chi connectivity index (χ1n) is 9.29. The normalized spacial score (nSPS) is 20.3. The highest BCUT2D eigenvalue weighted by Crippen LogP contribution is 2.29. The van der Waals surface area contributed by atoms with Crippen molar-refractivity contribution in [3.8, 4) is 5.69 Å². The van der Waals surface area contributed by atoms with Crippen LogP contribution in [0.1, 0.15) is 44.2 Å². The van der Waals surface area contributed by atoms with Crippen LogP contribution in [0.3, 0.4) is 0 Å². The van der Waals surface area contributed by atoms with Gasteiger partial charge >= 0.3 is 0 Å². The van der Waals surface area contributed by atoms with Crippen LogP contribution in [-0.4, -0.2) is 49.4 Å². The molecule has 28 heavy (non-hydrogen) atoms. The lowest BCUT2D eigenvalue weighted by molar-refractivity contribution is 0.305. The quantitative estimate of drug-likeness (QED) is 0.659. The number of hydrogen-bond acceptors (Lipinski definition) is 7. The number of rotatable bonds is 6. The van der Waals surface area contributed by atoms with E-state index in [-0.39, 0.29) is 12.1 Å². The van der Waals surface area contributed by atoms with E-state index in [1.807, 2.05) is 17.6 Å². The third kappa shape index (κ3) is 3.80. The Morgan fingerprint density at radius 1 is 1.14 bits per heavy atom. The zero-order valence-corrected chi connectivity index (χ0v) is 16.3. The van der Waals surface area contributed by atoms with E-state index >= 15 is 0 Å². The Morgan fingerprint density at radius 3 is 2.68 bits per heavy atom. The summed E-state index contributed by atoms with van der Waals surface area (Å²) in [6.07, 6.45) is 8.94. The fraction of sp³-hybridized carbons (Fsp3) is 0.471. The average Bonchev–Trinajstić information content (AvgIpc) is 3.41. The first-order valence-corrected chi connectivity index (χ1v) is 10.8. The lowest BCUT2D eigenvalue weighted by Gasteiger charge is -2.30. The van der Waals surface area contributed by atoms with Crippen LogP contribution in [-0.2, 0) is 16.4 Å². The number of tetrazole rings is 1. The van der Waals surface area contributed by atoms with Crippen LogP contribution in [0.5, 0.6) is 0 Å². The lowest BCUT2D eigenvalue weighted by Crippen LogP contribution is -2.39. The van der Waals surface area contributed by atoms with Gasteiger partial charge < -0.3 is 4.57 Å². The SMILES string of the molecule is CCc1cc(-n2cnnn2)ccc1S(=O)(=O)N[C@H]1CCC[C@@H](n2cnnc2)C1. The van der Waals surface area contributed by atoms with Gasteiger partial charge in [-0.15, -0.1) is 15.3 Å². The molecule has 1 N–H and O–H groups in total. The molecule has 148 valence electrons. The molecule has 0 bridgehead atoms. The summed E-state index contributed by atoms with van der Waals surface area (Å²) in [5, 5.41) is 18.8. The number of sulfonamides is 1. The fourth-order valence-corrected chi connectivity index (χ4v) is 5.32. The summed E-state index contributed by atoms with van der Waals surface area (Å²) in [7, 11) is -3.63. The van der Waals surface area contributed by atoms with E-state index in [9.17, 15) is 8.42 Å². The number of hydrogen-bond donors (Lipinski definition) is 1. The van der Waals surface area contributed by atoms with Crippen molar-refractivity contribution in [2.24, 2.45) is 0 Å². The van der Waals surface area contributed by atoms with Gasteiger partial charge in [-0.1, -0.05) is 6.92 Å². The molecule has 11 heteroatoms. The lowest BCUT2D eigenvalue weighted by atomic mass is 9.91. The van der Waals surface area contributed by atoms with Gasteiger partial charge in [0.15, 0.2) is 0 Å². The maximum absolute atomic E-state index is 13.1. The summed E-state index contributed by atoms with van der Waals surface area (Å²) in [4.78, 5) is 0.304. The van der Waals surface area contributed by atoms with Crippen LogP contribution in [0.25, 0.3) is 5.69 Å². The van der Waals surface area contributed by atoms with Gasteiger partial charge in [0, 0.05) is 12.1 Å². The van der Waals surface area contributed by atoms with Gasteiger partial charge in [-0.2, -0.15) is 0 Å². The van der Waals surface area contributed by atoms with Crippen molar-refractivity contribution >= 4 is 10.0 Å². The molecule has 0 amide bonds. The van der Waals surface area contributed by atoms with Crippen LogP contribution < -0.4 is 4.72 Å². The summed E-state index contributed by atoms with van der Waals surface area (Å²) in [5.74, 6) is 0. The minimum absolute atomic E-state index is 0.116. The van der Waals surface area contributed by atoms with Crippen molar-refractivity contribution < 1.29 is 8.42 Å². The molecule has 0 spiro atoms. The third-order valence-corrected chi connectivity index (χ3v) is 6.78. The predicted molar refractivity (Wildman–Crippen MR) is 100 cm³/mol. The highest BCUT2D eigenvalue weighted by Gasteiger charge is 2.28. The number of nitrogens with zero attached hydrogens (tertiary/aromatic N) is 7. The van der Waals surface area contributed by atoms with Crippen molar-refractivity contribution in [2.45, 2.75) is 56.0 Å². The standard InChI is InChI=1S/C17H22N8O2S/c1-2-13-8-16(25-12-20-22-23-25)6-7-17(13)28(26,27)21-14-4-3-5-15(9-14)24-10-18-19-11-24/h6-8,10-12,14-15,21H,2-5,9H2,1H3/t14-,15+/m0/s1. The average molecular weight is 402 g/mol. The molecule has 1 aromatic carbocycles. The maximum Gasteiger partial charge on any atom is 0.241 e. The first kappa shape index (κ1) is 18.7. The van der Waals surface area contributed by atoms with Crippen molar-refractivity contribution in [3.63, 3.8) is 0 Å². The number of aromatic nitrogens is 7. The second-order valence-electron chi connectivity index (χ2n) is 6.95. The van der Waals surface area contributed by atoms with Gasteiger partial charge in [0.1, 0.15) is 19.0 Å². The molecule has 3 aromatic rings. The smallest absolute Gasteiger partial charge is 0.241 e. The predicted octanol–water partition coefficient (Wildman–Crippen LogP) is 1.28. The van der Waals surface area contributed by atoms with Crippen molar-refractivity contribution in [2.75, 3.05) is 0 Å². The van der Waals surface area contributed by atoms with Gasteiger partial charge in [0.2, 0.25) is 10.0 Å². The summed E-state index contributed by atoms with van der Waals surface area (Å²) in [6.45, 7) is 1.93. The summed E-state index contributed by atoms with van der Waals surface area (Å²) in [6, 6.07) is 5.24. The Bertz CT molecular complexity index is 1020. The molecule has 2 heterocycles. The zero-order valence-electron chi connectivity index (χ0n) is 15.5. The monoisotopic (exact) mass is 402 g/mol.